The largest absolute Gasteiger partial charge is 0.452 e. The number of aromatic nitrogens is 1. The van der Waals surface area contributed by atoms with Crippen LogP contribution in [0.2, 0.25) is 0 Å². The Morgan fingerprint density at radius 1 is 1.08 bits per heavy atom. The van der Waals surface area contributed by atoms with E-state index in [-0.39, 0.29) is 12.5 Å². The third-order valence-corrected chi connectivity index (χ3v) is 5.49. The van der Waals surface area contributed by atoms with Gasteiger partial charge in [-0.3, -0.25) is 4.79 Å². The summed E-state index contributed by atoms with van der Waals surface area (Å²) >= 11 is 3.04. The molecule has 0 radical (unpaired) electrons. The first-order chi connectivity index (χ1) is 12.1. The molecule has 0 bridgehead atoms. The molecule has 1 amide bonds. The molecule has 0 aliphatic heterocycles. The van der Waals surface area contributed by atoms with Gasteiger partial charge in [-0.25, -0.2) is 4.79 Å². The van der Waals surface area contributed by atoms with Crippen molar-refractivity contribution < 1.29 is 14.3 Å². The molecular formula is C18H18N2O3S2. The number of amides is 1. The number of ether oxygens (including phenoxy) is 1. The van der Waals surface area contributed by atoms with E-state index in [1.54, 1.807) is 17.4 Å². The summed E-state index contributed by atoms with van der Waals surface area (Å²) < 4.78 is 7.19. The first kappa shape index (κ1) is 17.4. The number of carbonyl (C=O) groups excluding carboxylic acids is 2. The number of aryl methyl sites for hydroxylation is 2. The van der Waals surface area contributed by atoms with Crippen LogP contribution in [-0.2, 0) is 16.1 Å². The summed E-state index contributed by atoms with van der Waals surface area (Å²) in [5.41, 5.74) is 2.56. The van der Waals surface area contributed by atoms with Crippen LogP contribution in [0.15, 0.2) is 41.1 Å². The van der Waals surface area contributed by atoms with Crippen LogP contribution in [-0.4, -0.2) is 23.1 Å². The van der Waals surface area contributed by atoms with Crippen LogP contribution in [0.3, 0.4) is 0 Å². The van der Waals surface area contributed by atoms with Gasteiger partial charge < -0.3 is 14.6 Å². The average Bonchev–Trinajstić information content (AvgIpc) is 3.32. The highest BCUT2D eigenvalue weighted by atomic mass is 32.1. The molecule has 5 nitrogen and oxygen atoms in total. The lowest BCUT2D eigenvalue weighted by atomic mass is 10.3. The number of nitrogens with zero attached hydrogens (tertiary/aromatic N) is 1. The highest BCUT2D eigenvalue weighted by molar-refractivity contribution is 7.13. The molecule has 0 saturated heterocycles. The SMILES string of the molecule is Cc1ccc(C)n1-c1sccc1C(=O)OCC(=O)NCc1cccs1. The maximum Gasteiger partial charge on any atom is 0.341 e. The minimum Gasteiger partial charge on any atom is -0.452 e. The Bertz CT molecular complexity index is 859. The minimum atomic E-state index is -0.491. The van der Waals surface area contributed by atoms with Gasteiger partial charge in [-0.1, -0.05) is 6.07 Å². The molecule has 3 aromatic heterocycles. The fourth-order valence-electron chi connectivity index (χ4n) is 2.48. The third-order valence-electron chi connectivity index (χ3n) is 3.71. The van der Waals surface area contributed by atoms with E-state index in [1.807, 2.05) is 53.4 Å². The third kappa shape index (κ3) is 4.00. The van der Waals surface area contributed by atoms with Crippen molar-refractivity contribution in [3.8, 4) is 5.00 Å². The lowest BCUT2D eigenvalue weighted by Crippen LogP contribution is -2.28. The zero-order chi connectivity index (χ0) is 17.8. The Hall–Kier alpha value is -2.38. The number of nitrogens with one attached hydrogen (secondary N) is 1. The van der Waals surface area contributed by atoms with E-state index in [9.17, 15) is 9.59 Å². The molecular weight excluding hydrogens is 356 g/mol. The summed E-state index contributed by atoms with van der Waals surface area (Å²) in [7, 11) is 0. The predicted octanol–water partition coefficient (Wildman–Crippen LogP) is 3.69. The molecule has 0 aliphatic carbocycles. The van der Waals surface area contributed by atoms with E-state index in [4.69, 9.17) is 4.74 Å². The molecule has 3 aromatic rings. The van der Waals surface area contributed by atoms with Crippen molar-refractivity contribution in [2.45, 2.75) is 20.4 Å². The lowest BCUT2D eigenvalue weighted by Gasteiger charge is -2.10. The summed E-state index contributed by atoms with van der Waals surface area (Å²) in [6, 6.07) is 9.60. The van der Waals surface area contributed by atoms with Gasteiger partial charge in [0.1, 0.15) is 5.00 Å². The number of hydrogen-bond donors (Lipinski definition) is 1. The van der Waals surface area contributed by atoms with Crippen LogP contribution >= 0.6 is 22.7 Å². The Morgan fingerprint density at radius 2 is 1.84 bits per heavy atom. The molecule has 1 N–H and O–H groups in total. The Kier molecular flexibility index (Phi) is 5.35. The van der Waals surface area contributed by atoms with Crippen molar-refractivity contribution >= 4 is 34.6 Å². The number of rotatable bonds is 6. The monoisotopic (exact) mass is 374 g/mol. The molecule has 0 aliphatic rings. The molecule has 3 heterocycles. The second-order valence-electron chi connectivity index (χ2n) is 5.52. The molecule has 0 fully saturated rings. The van der Waals surface area contributed by atoms with Gasteiger partial charge in [0.25, 0.3) is 5.91 Å². The second kappa shape index (κ2) is 7.67. The number of thiophene rings is 2. The van der Waals surface area contributed by atoms with Gasteiger partial charge in [0.15, 0.2) is 6.61 Å². The topological polar surface area (TPSA) is 60.3 Å². The van der Waals surface area contributed by atoms with Crippen molar-refractivity contribution in [2.24, 2.45) is 0 Å². The Morgan fingerprint density at radius 3 is 2.52 bits per heavy atom. The average molecular weight is 374 g/mol. The molecule has 7 heteroatoms. The van der Waals surface area contributed by atoms with Gasteiger partial charge in [-0.15, -0.1) is 22.7 Å². The van der Waals surface area contributed by atoms with Crippen molar-refractivity contribution in [1.29, 1.82) is 0 Å². The highest BCUT2D eigenvalue weighted by Crippen LogP contribution is 2.26. The predicted molar refractivity (Wildman–Crippen MR) is 99.6 cm³/mol. The summed E-state index contributed by atoms with van der Waals surface area (Å²) in [6.45, 7) is 4.13. The number of carbonyl (C=O) groups is 2. The van der Waals surface area contributed by atoms with Gasteiger partial charge in [-0.2, -0.15) is 0 Å². The van der Waals surface area contributed by atoms with Crippen molar-refractivity contribution in [3.05, 3.63) is 62.9 Å². The van der Waals surface area contributed by atoms with E-state index in [0.717, 1.165) is 21.3 Å². The van der Waals surface area contributed by atoms with Gasteiger partial charge in [0.2, 0.25) is 0 Å². The molecule has 3 rings (SSSR count). The molecule has 0 atom stereocenters. The zero-order valence-electron chi connectivity index (χ0n) is 13.9. The highest BCUT2D eigenvalue weighted by Gasteiger charge is 2.18. The van der Waals surface area contributed by atoms with Gasteiger partial charge >= 0.3 is 5.97 Å². The van der Waals surface area contributed by atoms with Crippen LogP contribution in [0, 0.1) is 13.8 Å². The van der Waals surface area contributed by atoms with E-state index < -0.39 is 5.97 Å². The quantitative estimate of drug-likeness (QED) is 0.670. The molecule has 0 unspecified atom stereocenters. The minimum absolute atomic E-state index is 0.289. The van der Waals surface area contributed by atoms with Crippen LogP contribution in [0.25, 0.3) is 5.00 Å². The van der Waals surface area contributed by atoms with Crippen LogP contribution in [0.4, 0.5) is 0 Å². The van der Waals surface area contributed by atoms with E-state index >= 15 is 0 Å². The standard InChI is InChI=1S/C18H18N2O3S2/c1-12-5-6-13(2)20(12)17-15(7-9-25-17)18(22)23-11-16(21)19-10-14-4-3-8-24-14/h3-9H,10-11H2,1-2H3,(H,19,21). The van der Waals surface area contributed by atoms with Crippen molar-refractivity contribution in [3.63, 3.8) is 0 Å². The number of esters is 1. The van der Waals surface area contributed by atoms with Crippen LogP contribution in [0.5, 0.6) is 0 Å². The lowest BCUT2D eigenvalue weighted by molar-refractivity contribution is -0.124. The molecule has 25 heavy (non-hydrogen) atoms. The molecule has 0 spiro atoms. The summed E-state index contributed by atoms with van der Waals surface area (Å²) in [4.78, 5) is 25.3. The van der Waals surface area contributed by atoms with E-state index in [0.29, 0.717) is 12.1 Å². The van der Waals surface area contributed by atoms with E-state index in [2.05, 4.69) is 5.32 Å². The van der Waals surface area contributed by atoms with E-state index in [1.165, 1.54) is 11.3 Å². The first-order valence-corrected chi connectivity index (χ1v) is 9.51. The molecule has 130 valence electrons. The van der Waals surface area contributed by atoms with Gasteiger partial charge in [0.05, 0.1) is 12.1 Å². The Balaban J connectivity index is 1.61. The number of hydrogen-bond acceptors (Lipinski definition) is 5. The molecule has 0 saturated carbocycles. The zero-order valence-corrected chi connectivity index (χ0v) is 15.6. The maximum atomic E-state index is 12.4. The van der Waals surface area contributed by atoms with Crippen molar-refractivity contribution in [1.82, 2.24) is 9.88 Å². The first-order valence-electron chi connectivity index (χ1n) is 7.75. The van der Waals surface area contributed by atoms with Gasteiger partial charge in [0, 0.05) is 16.3 Å². The van der Waals surface area contributed by atoms with Crippen LogP contribution in [0.1, 0.15) is 26.6 Å². The second-order valence-corrected chi connectivity index (χ2v) is 7.45. The smallest absolute Gasteiger partial charge is 0.341 e. The normalized spacial score (nSPS) is 10.6. The summed E-state index contributed by atoms with van der Waals surface area (Å²) in [5, 5.41) is 7.35. The molecule has 0 aromatic carbocycles. The van der Waals surface area contributed by atoms with Gasteiger partial charge in [-0.05, 0) is 48.9 Å². The fourth-order valence-corrected chi connectivity index (χ4v) is 4.13. The maximum absolute atomic E-state index is 12.4. The van der Waals surface area contributed by atoms with Crippen molar-refractivity contribution in [2.75, 3.05) is 6.61 Å². The fraction of sp³-hybridized carbons (Fsp3) is 0.222. The Labute approximate surface area is 153 Å². The summed E-state index contributed by atoms with van der Waals surface area (Å²) in [5.74, 6) is -0.804. The summed E-state index contributed by atoms with van der Waals surface area (Å²) in [6.07, 6.45) is 0. The van der Waals surface area contributed by atoms with Crippen LogP contribution < -0.4 is 5.32 Å².